The minimum atomic E-state index is 0.436. The zero-order chi connectivity index (χ0) is 12.3. The Kier molecular flexibility index (Phi) is 3.26. The first-order valence-electron chi connectivity index (χ1n) is 4.88. The molecule has 0 fully saturated rings. The summed E-state index contributed by atoms with van der Waals surface area (Å²) in [5.41, 5.74) is 6.83. The normalized spacial score (nSPS) is 9.65. The van der Waals surface area contributed by atoms with Gasteiger partial charge in [-0.2, -0.15) is 5.26 Å². The average Bonchev–Trinajstić information content (AvgIpc) is 2.31. The lowest BCUT2D eigenvalue weighted by atomic mass is 10.2. The molecule has 1 aromatic carbocycles. The molecule has 3 N–H and O–H groups in total. The van der Waals surface area contributed by atoms with Crippen molar-refractivity contribution in [2.75, 3.05) is 11.1 Å². The standard InChI is InChI=1S/C12H9BrN4/c13-9-4-5-10(8(6-9)7-14)16-12-3-1-2-11(15)17-12/h1-6H,(H3,15,16,17). The number of nitriles is 1. The van der Waals surface area contributed by atoms with Gasteiger partial charge in [0.1, 0.15) is 17.7 Å². The lowest BCUT2D eigenvalue weighted by molar-refractivity contribution is 1.31. The van der Waals surface area contributed by atoms with Gasteiger partial charge in [-0.3, -0.25) is 0 Å². The fourth-order valence-electron chi connectivity index (χ4n) is 1.38. The summed E-state index contributed by atoms with van der Waals surface area (Å²) < 4.78 is 0.861. The van der Waals surface area contributed by atoms with Gasteiger partial charge in [0.15, 0.2) is 0 Å². The fraction of sp³-hybridized carbons (Fsp3) is 0. The van der Waals surface area contributed by atoms with Crippen molar-refractivity contribution in [2.45, 2.75) is 0 Å². The van der Waals surface area contributed by atoms with Crippen molar-refractivity contribution in [1.29, 1.82) is 5.26 Å². The van der Waals surface area contributed by atoms with Gasteiger partial charge >= 0.3 is 0 Å². The van der Waals surface area contributed by atoms with Crippen LogP contribution < -0.4 is 11.1 Å². The third-order valence-electron chi connectivity index (χ3n) is 2.14. The molecule has 0 aliphatic rings. The van der Waals surface area contributed by atoms with E-state index in [1.165, 1.54) is 0 Å². The van der Waals surface area contributed by atoms with Crippen molar-refractivity contribution < 1.29 is 0 Å². The minimum absolute atomic E-state index is 0.436. The molecule has 0 aliphatic carbocycles. The van der Waals surface area contributed by atoms with Gasteiger partial charge in [0.25, 0.3) is 0 Å². The third-order valence-corrected chi connectivity index (χ3v) is 2.63. The summed E-state index contributed by atoms with van der Waals surface area (Å²) in [5.74, 6) is 1.05. The van der Waals surface area contributed by atoms with Crippen LogP contribution in [-0.4, -0.2) is 4.98 Å². The molecule has 84 valence electrons. The van der Waals surface area contributed by atoms with E-state index in [2.05, 4.69) is 32.3 Å². The van der Waals surface area contributed by atoms with Gasteiger partial charge in [-0.25, -0.2) is 4.98 Å². The van der Waals surface area contributed by atoms with Gasteiger partial charge in [-0.1, -0.05) is 22.0 Å². The van der Waals surface area contributed by atoms with Crippen molar-refractivity contribution in [2.24, 2.45) is 0 Å². The zero-order valence-electron chi connectivity index (χ0n) is 8.81. The number of nitrogens with two attached hydrogens (primary N) is 1. The number of hydrogen-bond acceptors (Lipinski definition) is 4. The summed E-state index contributed by atoms with van der Waals surface area (Å²) in [7, 11) is 0. The highest BCUT2D eigenvalue weighted by Gasteiger charge is 2.03. The number of hydrogen-bond donors (Lipinski definition) is 2. The predicted octanol–water partition coefficient (Wildman–Crippen LogP) is 3.04. The van der Waals surface area contributed by atoms with E-state index in [-0.39, 0.29) is 0 Å². The van der Waals surface area contributed by atoms with Gasteiger partial charge in [0.2, 0.25) is 0 Å². The van der Waals surface area contributed by atoms with E-state index in [1.807, 2.05) is 12.1 Å². The molecule has 0 aliphatic heterocycles. The Morgan fingerprint density at radius 1 is 1.29 bits per heavy atom. The second-order valence-corrected chi connectivity index (χ2v) is 4.29. The highest BCUT2D eigenvalue weighted by Crippen LogP contribution is 2.23. The minimum Gasteiger partial charge on any atom is -0.384 e. The average molecular weight is 289 g/mol. The predicted molar refractivity (Wildman–Crippen MR) is 70.8 cm³/mol. The number of rotatable bonds is 2. The first-order valence-corrected chi connectivity index (χ1v) is 5.67. The molecule has 0 unspecified atom stereocenters. The maximum atomic E-state index is 9.02. The molecule has 0 atom stereocenters. The van der Waals surface area contributed by atoms with Crippen molar-refractivity contribution in [1.82, 2.24) is 4.98 Å². The van der Waals surface area contributed by atoms with E-state index in [0.29, 0.717) is 22.9 Å². The molecule has 2 rings (SSSR count). The molecule has 4 nitrogen and oxygen atoms in total. The lowest BCUT2D eigenvalue weighted by Crippen LogP contribution is -1.98. The van der Waals surface area contributed by atoms with Gasteiger partial charge in [-0.15, -0.1) is 0 Å². The van der Waals surface area contributed by atoms with E-state index < -0.39 is 0 Å². The second-order valence-electron chi connectivity index (χ2n) is 3.37. The SMILES string of the molecule is N#Cc1cc(Br)ccc1Nc1cccc(N)n1. The fourth-order valence-corrected chi connectivity index (χ4v) is 1.74. The molecule has 0 radical (unpaired) electrons. The highest BCUT2D eigenvalue weighted by atomic mass is 79.9. The van der Waals surface area contributed by atoms with Crippen LogP contribution in [-0.2, 0) is 0 Å². The van der Waals surface area contributed by atoms with Crippen LogP contribution in [0.15, 0.2) is 40.9 Å². The maximum absolute atomic E-state index is 9.02. The molecule has 1 heterocycles. The smallest absolute Gasteiger partial charge is 0.132 e. The van der Waals surface area contributed by atoms with Crippen LogP contribution >= 0.6 is 15.9 Å². The molecule has 1 aromatic heterocycles. The number of nitrogens with zero attached hydrogens (tertiary/aromatic N) is 2. The van der Waals surface area contributed by atoms with E-state index in [9.17, 15) is 0 Å². The van der Waals surface area contributed by atoms with E-state index >= 15 is 0 Å². The molecule has 0 saturated heterocycles. The molecule has 0 spiro atoms. The molecule has 17 heavy (non-hydrogen) atoms. The zero-order valence-corrected chi connectivity index (χ0v) is 10.4. The van der Waals surface area contributed by atoms with Crippen molar-refractivity contribution >= 4 is 33.3 Å². The van der Waals surface area contributed by atoms with E-state index in [1.54, 1.807) is 24.3 Å². The van der Waals surface area contributed by atoms with Crippen LogP contribution in [0.1, 0.15) is 5.56 Å². The van der Waals surface area contributed by atoms with E-state index in [4.69, 9.17) is 11.0 Å². The van der Waals surface area contributed by atoms with Crippen LogP contribution in [0.5, 0.6) is 0 Å². The molecule has 5 heteroatoms. The molecule has 0 bridgehead atoms. The Hall–Kier alpha value is -2.06. The lowest BCUT2D eigenvalue weighted by Gasteiger charge is -2.07. The Bertz CT molecular complexity index is 589. The topological polar surface area (TPSA) is 74.7 Å². The number of nitrogen functional groups attached to an aromatic ring is 1. The second kappa shape index (κ2) is 4.85. The summed E-state index contributed by atoms with van der Waals surface area (Å²) >= 11 is 3.32. The summed E-state index contributed by atoms with van der Waals surface area (Å²) in [6.07, 6.45) is 0. The molecular formula is C12H9BrN4. The Balaban J connectivity index is 2.34. The Morgan fingerprint density at radius 2 is 2.12 bits per heavy atom. The summed E-state index contributed by atoms with van der Waals surface area (Å²) in [6.45, 7) is 0. The number of pyridine rings is 1. The van der Waals surface area contributed by atoms with E-state index in [0.717, 1.165) is 4.47 Å². The number of anilines is 3. The van der Waals surface area contributed by atoms with Gasteiger partial charge < -0.3 is 11.1 Å². The van der Waals surface area contributed by atoms with Gasteiger partial charge in [0, 0.05) is 4.47 Å². The number of benzene rings is 1. The monoisotopic (exact) mass is 288 g/mol. The molecular weight excluding hydrogens is 280 g/mol. The quantitative estimate of drug-likeness (QED) is 0.891. The Labute approximate surface area is 107 Å². The number of halogens is 1. The summed E-state index contributed by atoms with van der Waals surface area (Å²) in [4.78, 5) is 4.11. The van der Waals surface area contributed by atoms with Crippen molar-refractivity contribution in [3.63, 3.8) is 0 Å². The Morgan fingerprint density at radius 3 is 2.82 bits per heavy atom. The summed E-state index contributed by atoms with van der Waals surface area (Å²) in [5, 5.41) is 12.1. The van der Waals surface area contributed by atoms with Gasteiger partial charge in [-0.05, 0) is 30.3 Å². The number of aromatic nitrogens is 1. The van der Waals surface area contributed by atoms with Crippen LogP contribution in [0.3, 0.4) is 0 Å². The first kappa shape index (κ1) is 11.4. The third kappa shape index (κ3) is 2.74. The largest absolute Gasteiger partial charge is 0.384 e. The highest BCUT2D eigenvalue weighted by molar-refractivity contribution is 9.10. The molecule has 0 saturated carbocycles. The van der Waals surface area contributed by atoms with Crippen LogP contribution in [0.4, 0.5) is 17.3 Å². The van der Waals surface area contributed by atoms with Gasteiger partial charge in [0.05, 0.1) is 11.3 Å². The first-order chi connectivity index (χ1) is 8.19. The summed E-state index contributed by atoms with van der Waals surface area (Å²) in [6, 6.07) is 12.8. The van der Waals surface area contributed by atoms with Crippen LogP contribution in [0.25, 0.3) is 0 Å². The molecule has 0 amide bonds. The van der Waals surface area contributed by atoms with Crippen molar-refractivity contribution in [3.05, 3.63) is 46.4 Å². The maximum Gasteiger partial charge on any atom is 0.132 e. The number of nitrogens with one attached hydrogen (secondary N) is 1. The van der Waals surface area contributed by atoms with Crippen molar-refractivity contribution in [3.8, 4) is 6.07 Å². The van der Waals surface area contributed by atoms with Crippen LogP contribution in [0, 0.1) is 11.3 Å². The van der Waals surface area contributed by atoms with Crippen LogP contribution in [0.2, 0.25) is 0 Å². The molecule has 2 aromatic rings.